The number of para-hydroxylation sites is 1. The summed E-state index contributed by atoms with van der Waals surface area (Å²) in [7, 11) is 0. The normalized spacial score (nSPS) is 22.5. The summed E-state index contributed by atoms with van der Waals surface area (Å²) in [6.07, 6.45) is 6.04. The molecule has 0 radical (unpaired) electrons. The molecule has 4 rings (SSSR count). The lowest BCUT2D eigenvalue weighted by atomic mass is 9.87. The Kier molecular flexibility index (Phi) is 2.98. The van der Waals surface area contributed by atoms with Gasteiger partial charge in [-0.1, -0.05) is 48.4 Å². The first-order chi connectivity index (χ1) is 10.3. The highest BCUT2D eigenvalue weighted by atomic mass is 19.2. The van der Waals surface area contributed by atoms with Crippen LogP contribution in [0.25, 0.3) is 10.9 Å². The van der Waals surface area contributed by atoms with Gasteiger partial charge in [-0.25, -0.2) is 0 Å². The SMILES string of the molecule is O=C1NCC(CC2CCCC2)c2c1c1ccccc1n2F. The topological polar surface area (TPSA) is 34.0 Å². The second-order valence-corrected chi connectivity index (χ2v) is 6.35. The largest absolute Gasteiger partial charge is 0.351 e. The molecule has 1 fully saturated rings. The van der Waals surface area contributed by atoms with Crippen LogP contribution in [0, 0.1) is 5.92 Å². The summed E-state index contributed by atoms with van der Waals surface area (Å²) >= 11 is 0. The van der Waals surface area contributed by atoms with E-state index < -0.39 is 0 Å². The van der Waals surface area contributed by atoms with Crippen molar-refractivity contribution in [1.82, 2.24) is 10.1 Å². The number of nitrogens with one attached hydrogen (secondary N) is 1. The molecule has 0 bridgehead atoms. The molecule has 0 spiro atoms. The molecule has 1 N–H and O–H groups in total. The van der Waals surface area contributed by atoms with E-state index in [2.05, 4.69) is 5.32 Å². The number of amides is 1. The van der Waals surface area contributed by atoms with E-state index in [0.29, 0.717) is 29.2 Å². The molecule has 110 valence electrons. The summed E-state index contributed by atoms with van der Waals surface area (Å²) in [6.45, 7) is 0.558. The number of aromatic nitrogens is 1. The lowest BCUT2D eigenvalue weighted by molar-refractivity contribution is 0.0935. The molecule has 1 amide bonds. The maximum absolute atomic E-state index is 14.7. The highest BCUT2D eigenvalue weighted by Gasteiger charge is 2.34. The minimum atomic E-state index is -0.139. The molecule has 21 heavy (non-hydrogen) atoms. The van der Waals surface area contributed by atoms with E-state index >= 15 is 0 Å². The molecular formula is C17H19FN2O. The van der Waals surface area contributed by atoms with Crippen LogP contribution in [0.15, 0.2) is 24.3 Å². The number of fused-ring (bicyclic) bond motifs is 3. The smallest absolute Gasteiger partial charge is 0.253 e. The van der Waals surface area contributed by atoms with E-state index in [-0.39, 0.29) is 11.8 Å². The zero-order valence-electron chi connectivity index (χ0n) is 11.9. The van der Waals surface area contributed by atoms with E-state index in [1.54, 1.807) is 6.07 Å². The first-order valence-electron chi connectivity index (χ1n) is 7.83. The summed E-state index contributed by atoms with van der Waals surface area (Å²) in [6, 6.07) is 7.25. The number of nitrogens with zero attached hydrogens (tertiary/aromatic N) is 1. The quantitative estimate of drug-likeness (QED) is 0.895. The van der Waals surface area contributed by atoms with Gasteiger partial charge in [-0.3, -0.25) is 4.79 Å². The fraction of sp³-hybridized carbons (Fsp3) is 0.471. The molecule has 2 aliphatic rings. The van der Waals surface area contributed by atoms with Gasteiger partial charge in [-0.05, 0) is 18.4 Å². The summed E-state index contributed by atoms with van der Waals surface area (Å²) in [5.41, 5.74) is 1.64. The third-order valence-electron chi connectivity index (χ3n) is 5.07. The van der Waals surface area contributed by atoms with Crippen molar-refractivity contribution in [2.24, 2.45) is 5.92 Å². The predicted octanol–water partition coefficient (Wildman–Crippen LogP) is 3.78. The standard InChI is InChI=1S/C17H19FN2O/c18-20-14-8-4-3-7-13(14)15-16(20)12(10-19-17(15)21)9-11-5-1-2-6-11/h3-4,7-8,11-12H,1-2,5-6,9-10H2,(H,19,21). The van der Waals surface area contributed by atoms with Crippen molar-refractivity contribution < 1.29 is 9.28 Å². The van der Waals surface area contributed by atoms with E-state index in [9.17, 15) is 9.28 Å². The van der Waals surface area contributed by atoms with Crippen molar-refractivity contribution in [3.8, 4) is 0 Å². The van der Waals surface area contributed by atoms with E-state index in [1.807, 2.05) is 18.2 Å². The summed E-state index contributed by atoms with van der Waals surface area (Å²) in [5.74, 6) is 0.634. The minimum absolute atomic E-state index is 0.0956. The first-order valence-corrected chi connectivity index (χ1v) is 7.83. The number of carbonyl (C=O) groups is 1. The van der Waals surface area contributed by atoms with Crippen molar-refractivity contribution in [1.29, 1.82) is 0 Å². The van der Waals surface area contributed by atoms with Crippen LogP contribution < -0.4 is 5.32 Å². The Bertz CT molecular complexity index is 700. The first kappa shape index (κ1) is 12.9. The number of hydrogen-bond acceptors (Lipinski definition) is 1. The van der Waals surface area contributed by atoms with Gasteiger partial charge in [0.25, 0.3) is 5.91 Å². The molecule has 1 aromatic heterocycles. The maximum atomic E-state index is 14.7. The zero-order chi connectivity index (χ0) is 14.4. The molecule has 1 saturated carbocycles. The van der Waals surface area contributed by atoms with Crippen LogP contribution in [0.4, 0.5) is 4.48 Å². The van der Waals surface area contributed by atoms with Crippen LogP contribution in [-0.2, 0) is 0 Å². The van der Waals surface area contributed by atoms with Gasteiger partial charge >= 0.3 is 0 Å². The third-order valence-corrected chi connectivity index (χ3v) is 5.07. The summed E-state index contributed by atoms with van der Waals surface area (Å²) < 4.78 is 14.7. The number of rotatable bonds is 2. The average Bonchev–Trinajstić information content (AvgIpc) is 3.10. The highest BCUT2D eigenvalue weighted by molar-refractivity contribution is 6.09. The van der Waals surface area contributed by atoms with Gasteiger partial charge in [0.1, 0.15) is 0 Å². The third kappa shape index (κ3) is 1.96. The van der Waals surface area contributed by atoms with Crippen molar-refractivity contribution in [3.63, 3.8) is 0 Å². The maximum Gasteiger partial charge on any atom is 0.253 e. The minimum Gasteiger partial charge on any atom is -0.351 e. The summed E-state index contributed by atoms with van der Waals surface area (Å²) in [4.78, 5) is 13.0. The van der Waals surface area contributed by atoms with Crippen molar-refractivity contribution in [2.75, 3.05) is 6.54 Å². The van der Waals surface area contributed by atoms with Crippen molar-refractivity contribution in [2.45, 2.75) is 38.0 Å². The van der Waals surface area contributed by atoms with Gasteiger partial charge < -0.3 is 5.32 Å². The molecule has 1 aliphatic carbocycles. The molecule has 1 aromatic carbocycles. The molecular weight excluding hydrogens is 267 g/mol. The lowest BCUT2D eigenvalue weighted by Crippen LogP contribution is -2.36. The number of benzene rings is 1. The Hall–Kier alpha value is -1.84. The molecule has 1 atom stereocenters. The lowest BCUT2D eigenvalue weighted by Gasteiger charge is -2.26. The summed E-state index contributed by atoms with van der Waals surface area (Å²) in [5, 5.41) is 3.67. The van der Waals surface area contributed by atoms with Gasteiger partial charge in [0.15, 0.2) is 0 Å². The van der Waals surface area contributed by atoms with Crippen LogP contribution in [-0.4, -0.2) is 17.2 Å². The van der Waals surface area contributed by atoms with Crippen molar-refractivity contribution in [3.05, 3.63) is 35.5 Å². The highest BCUT2D eigenvalue weighted by Crippen LogP contribution is 2.39. The number of carbonyl (C=O) groups excluding carboxylic acids is 1. The van der Waals surface area contributed by atoms with E-state index in [1.165, 1.54) is 25.7 Å². The molecule has 3 nitrogen and oxygen atoms in total. The van der Waals surface area contributed by atoms with Crippen LogP contribution in [0.1, 0.15) is 54.1 Å². The Morgan fingerprint density at radius 1 is 1.24 bits per heavy atom. The fourth-order valence-electron chi connectivity index (χ4n) is 4.07. The molecule has 2 heterocycles. The van der Waals surface area contributed by atoms with Crippen LogP contribution >= 0.6 is 0 Å². The Morgan fingerprint density at radius 3 is 2.81 bits per heavy atom. The molecule has 2 aromatic rings. The Balaban J connectivity index is 1.81. The second kappa shape index (κ2) is 4.86. The molecule has 0 saturated heterocycles. The zero-order valence-corrected chi connectivity index (χ0v) is 11.9. The van der Waals surface area contributed by atoms with E-state index in [0.717, 1.165) is 16.6 Å². The van der Waals surface area contributed by atoms with Gasteiger partial charge in [-0.15, -0.1) is 0 Å². The van der Waals surface area contributed by atoms with Gasteiger partial charge in [-0.2, -0.15) is 4.79 Å². The molecule has 1 unspecified atom stereocenters. The fourth-order valence-corrected chi connectivity index (χ4v) is 4.07. The van der Waals surface area contributed by atoms with Crippen LogP contribution in [0.3, 0.4) is 0 Å². The second-order valence-electron chi connectivity index (χ2n) is 6.35. The molecule has 1 aliphatic heterocycles. The Morgan fingerprint density at radius 2 is 2.00 bits per heavy atom. The van der Waals surface area contributed by atoms with Gasteiger partial charge in [0, 0.05) is 17.8 Å². The number of hydrogen-bond donors (Lipinski definition) is 1. The van der Waals surface area contributed by atoms with Crippen LogP contribution in [0.5, 0.6) is 0 Å². The monoisotopic (exact) mass is 286 g/mol. The average molecular weight is 286 g/mol. The van der Waals surface area contributed by atoms with Gasteiger partial charge in [0.05, 0.1) is 16.8 Å². The van der Waals surface area contributed by atoms with Crippen molar-refractivity contribution >= 4 is 16.8 Å². The van der Waals surface area contributed by atoms with Crippen LogP contribution in [0.2, 0.25) is 0 Å². The number of halogens is 1. The predicted molar refractivity (Wildman–Crippen MR) is 80.1 cm³/mol. The Labute approximate surface area is 123 Å². The van der Waals surface area contributed by atoms with E-state index in [4.69, 9.17) is 0 Å². The molecule has 4 heteroatoms. The van der Waals surface area contributed by atoms with Gasteiger partial charge in [0.2, 0.25) is 0 Å².